The normalized spacial score (nSPS) is 18.8. The van der Waals surface area contributed by atoms with Crippen LogP contribution in [0.1, 0.15) is 34.3 Å². The molecule has 1 N–H and O–H groups in total. The van der Waals surface area contributed by atoms with E-state index < -0.39 is 0 Å². The van der Waals surface area contributed by atoms with Gasteiger partial charge in [0.15, 0.2) is 0 Å². The fourth-order valence-electron chi connectivity index (χ4n) is 2.86. The molecule has 1 aliphatic rings. The average Bonchev–Trinajstić information content (AvgIpc) is 2.44. The van der Waals surface area contributed by atoms with Crippen molar-refractivity contribution in [2.75, 3.05) is 20.1 Å². The lowest BCUT2D eigenvalue weighted by Gasteiger charge is -2.32. The van der Waals surface area contributed by atoms with Gasteiger partial charge in [-0.25, -0.2) is 0 Å². The Hall–Kier alpha value is -1.84. The lowest BCUT2D eigenvalue weighted by Crippen LogP contribution is -2.44. The van der Waals surface area contributed by atoms with Crippen molar-refractivity contribution < 1.29 is 9.59 Å². The summed E-state index contributed by atoms with van der Waals surface area (Å²) < 4.78 is 0. The van der Waals surface area contributed by atoms with Gasteiger partial charge in [-0.3, -0.25) is 9.59 Å². The van der Waals surface area contributed by atoms with Gasteiger partial charge in [-0.05, 0) is 38.8 Å². The maximum absolute atomic E-state index is 12.6. The van der Waals surface area contributed by atoms with Gasteiger partial charge >= 0.3 is 0 Å². The first-order chi connectivity index (χ1) is 9.51. The molecule has 0 bridgehead atoms. The maximum Gasteiger partial charge on any atom is 0.253 e. The van der Waals surface area contributed by atoms with Crippen LogP contribution in [0.15, 0.2) is 18.2 Å². The molecule has 0 aromatic heterocycles. The average molecular weight is 274 g/mol. The van der Waals surface area contributed by atoms with E-state index in [2.05, 4.69) is 11.4 Å². The fourth-order valence-corrected chi connectivity index (χ4v) is 2.86. The minimum atomic E-state index is -0.0800. The molecule has 2 amide bonds. The van der Waals surface area contributed by atoms with Crippen LogP contribution in [0.2, 0.25) is 0 Å². The molecule has 0 aliphatic carbocycles. The first kappa shape index (κ1) is 14.6. The van der Waals surface area contributed by atoms with Crippen molar-refractivity contribution >= 4 is 11.8 Å². The minimum absolute atomic E-state index is 0.0305. The Labute approximate surface area is 120 Å². The van der Waals surface area contributed by atoms with Crippen molar-refractivity contribution in [3.8, 4) is 0 Å². The number of carbonyl (C=O) groups excluding carboxylic acids is 2. The summed E-state index contributed by atoms with van der Waals surface area (Å²) in [5.41, 5.74) is 2.90. The molecule has 0 radical (unpaired) electrons. The highest BCUT2D eigenvalue weighted by atomic mass is 16.2. The molecule has 1 aliphatic heterocycles. The van der Waals surface area contributed by atoms with Crippen LogP contribution in [-0.2, 0) is 4.79 Å². The highest BCUT2D eigenvalue weighted by Crippen LogP contribution is 2.20. The van der Waals surface area contributed by atoms with Gasteiger partial charge in [-0.1, -0.05) is 17.2 Å². The molecule has 4 heteroatoms. The van der Waals surface area contributed by atoms with Crippen LogP contribution in [0, 0.1) is 19.8 Å². The maximum atomic E-state index is 12.6. The molecule has 108 valence electrons. The van der Waals surface area contributed by atoms with Crippen LogP contribution < -0.4 is 5.32 Å². The molecule has 1 aromatic rings. The van der Waals surface area contributed by atoms with E-state index in [9.17, 15) is 9.59 Å². The largest absolute Gasteiger partial charge is 0.359 e. The number of nitrogens with one attached hydrogen (secondary N) is 1. The van der Waals surface area contributed by atoms with E-state index in [0.29, 0.717) is 6.54 Å². The van der Waals surface area contributed by atoms with Crippen molar-refractivity contribution in [2.45, 2.75) is 26.7 Å². The number of piperidine rings is 1. The Bertz CT molecular complexity index is 505. The molecule has 0 spiro atoms. The number of rotatable bonds is 2. The van der Waals surface area contributed by atoms with Crippen molar-refractivity contribution in [3.05, 3.63) is 34.9 Å². The number of nitrogens with zero attached hydrogens (tertiary/aromatic N) is 1. The van der Waals surface area contributed by atoms with Crippen LogP contribution in [-0.4, -0.2) is 36.9 Å². The molecule has 1 atom stereocenters. The molecule has 0 saturated carbocycles. The number of benzene rings is 1. The Morgan fingerprint density at radius 2 is 1.85 bits per heavy atom. The smallest absolute Gasteiger partial charge is 0.253 e. The highest BCUT2D eigenvalue weighted by Gasteiger charge is 2.28. The summed E-state index contributed by atoms with van der Waals surface area (Å²) in [7, 11) is 1.65. The van der Waals surface area contributed by atoms with Gasteiger partial charge in [-0.2, -0.15) is 0 Å². The first-order valence-electron chi connectivity index (χ1n) is 7.10. The molecule has 2 rings (SSSR count). The van der Waals surface area contributed by atoms with E-state index >= 15 is 0 Å². The third kappa shape index (κ3) is 3.18. The van der Waals surface area contributed by atoms with Crippen LogP contribution >= 0.6 is 0 Å². The van der Waals surface area contributed by atoms with Crippen LogP contribution in [0.5, 0.6) is 0 Å². The predicted octanol–water partition coefficient (Wildman–Crippen LogP) is 1.90. The Morgan fingerprint density at radius 3 is 2.45 bits per heavy atom. The molecule has 1 fully saturated rings. The van der Waals surface area contributed by atoms with E-state index in [1.807, 2.05) is 26.0 Å². The SMILES string of the molecule is CNC(=O)[C@@H]1CCCN(C(=O)c2cc(C)cc(C)c2)C1. The van der Waals surface area contributed by atoms with Crippen LogP contribution in [0.25, 0.3) is 0 Å². The third-order valence-electron chi connectivity index (χ3n) is 3.79. The van der Waals surface area contributed by atoms with Crippen molar-refractivity contribution in [1.29, 1.82) is 0 Å². The lowest BCUT2D eigenvalue weighted by atomic mass is 9.96. The van der Waals surface area contributed by atoms with Gasteiger partial charge < -0.3 is 10.2 Å². The number of aryl methyl sites for hydroxylation is 2. The second kappa shape index (κ2) is 6.07. The van der Waals surface area contributed by atoms with Gasteiger partial charge in [0.05, 0.1) is 5.92 Å². The van der Waals surface area contributed by atoms with Crippen molar-refractivity contribution in [3.63, 3.8) is 0 Å². The second-order valence-corrected chi connectivity index (χ2v) is 5.58. The van der Waals surface area contributed by atoms with Gasteiger partial charge in [0.25, 0.3) is 5.91 Å². The predicted molar refractivity (Wildman–Crippen MR) is 78.6 cm³/mol. The molecule has 1 saturated heterocycles. The standard InChI is InChI=1S/C16H22N2O2/c1-11-7-12(2)9-14(8-11)16(20)18-6-4-5-13(10-18)15(19)17-3/h7-9,13H,4-6,10H2,1-3H3,(H,17,19)/t13-/m1/s1. The van der Waals surface area contributed by atoms with Gasteiger partial charge in [-0.15, -0.1) is 0 Å². The monoisotopic (exact) mass is 274 g/mol. The minimum Gasteiger partial charge on any atom is -0.359 e. The number of hydrogen-bond donors (Lipinski definition) is 1. The molecule has 4 nitrogen and oxygen atoms in total. The summed E-state index contributed by atoms with van der Waals surface area (Å²) in [4.78, 5) is 26.1. The Morgan fingerprint density at radius 1 is 1.20 bits per heavy atom. The van der Waals surface area contributed by atoms with E-state index in [1.165, 1.54) is 0 Å². The number of carbonyl (C=O) groups is 2. The first-order valence-corrected chi connectivity index (χ1v) is 7.10. The summed E-state index contributed by atoms with van der Waals surface area (Å²) in [5, 5.41) is 2.68. The van der Waals surface area contributed by atoms with Gasteiger partial charge in [0, 0.05) is 25.7 Å². The third-order valence-corrected chi connectivity index (χ3v) is 3.79. The zero-order valence-electron chi connectivity index (χ0n) is 12.4. The Kier molecular flexibility index (Phi) is 4.42. The van der Waals surface area contributed by atoms with Gasteiger partial charge in [0.2, 0.25) is 5.91 Å². The number of hydrogen-bond acceptors (Lipinski definition) is 2. The van der Waals surface area contributed by atoms with Crippen LogP contribution in [0.4, 0.5) is 0 Å². The number of amides is 2. The number of likely N-dealkylation sites (tertiary alicyclic amines) is 1. The molecular formula is C16H22N2O2. The Balaban J connectivity index is 2.14. The van der Waals surface area contributed by atoms with E-state index in [1.54, 1.807) is 11.9 Å². The van der Waals surface area contributed by atoms with E-state index in [4.69, 9.17) is 0 Å². The fraction of sp³-hybridized carbons (Fsp3) is 0.500. The molecule has 20 heavy (non-hydrogen) atoms. The van der Waals surface area contributed by atoms with Crippen molar-refractivity contribution in [1.82, 2.24) is 10.2 Å². The second-order valence-electron chi connectivity index (χ2n) is 5.58. The summed E-state index contributed by atoms with van der Waals surface area (Å²) in [6.07, 6.45) is 1.74. The lowest BCUT2D eigenvalue weighted by molar-refractivity contribution is -0.125. The van der Waals surface area contributed by atoms with Crippen LogP contribution in [0.3, 0.4) is 0 Å². The summed E-state index contributed by atoms with van der Waals surface area (Å²) in [6.45, 7) is 5.24. The molecule has 1 heterocycles. The highest BCUT2D eigenvalue weighted by molar-refractivity contribution is 5.95. The summed E-state index contributed by atoms with van der Waals surface area (Å²) in [6, 6.07) is 5.89. The topological polar surface area (TPSA) is 49.4 Å². The summed E-state index contributed by atoms with van der Waals surface area (Å²) >= 11 is 0. The quantitative estimate of drug-likeness (QED) is 0.895. The summed E-state index contributed by atoms with van der Waals surface area (Å²) in [5.74, 6) is -0.0167. The van der Waals surface area contributed by atoms with Gasteiger partial charge in [0.1, 0.15) is 0 Å². The zero-order valence-corrected chi connectivity index (χ0v) is 12.4. The molecule has 1 aromatic carbocycles. The van der Waals surface area contributed by atoms with E-state index in [0.717, 1.165) is 36.1 Å². The van der Waals surface area contributed by atoms with Crippen molar-refractivity contribution in [2.24, 2.45) is 5.92 Å². The molecular weight excluding hydrogens is 252 g/mol. The zero-order chi connectivity index (χ0) is 14.7. The van der Waals surface area contributed by atoms with E-state index in [-0.39, 0.29) is 17.7 Å². The molecule has 0 unspecified atom stereocenters.